The quantitative estimate of drug-likeness (QED) is 0.00731. The lowest BCUT2D eigenvalue weighted by molar-refractivity contribution is -0.365. The van der Waals surface area contributed by atoms with Gasteiger partial charge in [0.05, 0.1) is 71.2 Å². The van der Waals surface area contributed by atoms with Crippen LogP contribution >= 0.6 is 0 Å². The summed E-state index contributed by atoms with van der Waals surface area (Å²) in [7, 11) is 0. The number of hydrogen-bond acceptors (Lipinski definition) is 25. The maximum Gasteiger partial charge on any atom is 0.308 e. The Morgan fingerprint density at radius 2 is 0.790 bits per heavy atom. The molecule has 0 aliphatic carbocycles. The van der Waals surface area contributed by atoms with E-state index in [0.717, 1.165) is 103 Å². The standard InChI is InChI=1S/C34H76N18O6.C28H34N6O8/c1-28(53)50-30(27-32(55)47-21-19-45-17-15-43-13-11-41-9-7-39-5-3-36)34(57)51-29(33(56)48-22-24-58-25-23-49-52-37)26-31(54)46-20-18-44-16-14-42-12-10-40-8-6-38-4-2-35;1-20(35)32-24(17-26(37)42-19-22-10-6-3-7-11-22)28(39)33-23(27(38)30-12-14-40-15-13-31-34-29)16-25(36)41-18-21-8-4-2-5-9-21/h29-30,33,38-45,48,56H,2-27,35-36H2,1H3,(H,46,54)(H,47,55)(H,50,53)(H,51,57);2-11,23-24H,12-19H2,1H3,(H,30,38)(H,32,35)(H,33,39)/p+2/t29?,30-,33?;23-,24+/m10/s1. The Bertz CT molecular complexity index is 2650. The van der Waals surface area contributed by atoms with Crippen molar-refractivity contribution < 1.29 is 78.7 Å². The van der Waals surface area contributed by atoms with Gasteiger partial charge in [0.25, 0.3) is 0 Å². The van der Waals surface area contributed by atoms with E-state index in [1.807, 2.05) is 12.1 Å². The van der Waals surface area contributed by atoms with Crippen molar-refractivity contribution in [3.05, 3.63) is 92.7 Å². The van der Waals surface area contributed by atoms with Gasteiger partial charge in [-0.25, -0.2) is 0 Å². The van der Waals surface area contributed by atoms with E-state index in [2.05, 4.69) is 117 Å². The first-order valence-electron chi connectivity index (χ1n) is 33.7. The van der Waals surface area contributed by atoms with E-state index >= 15 is 0 Å². The van der Waals surface area contributed by atoms with Crippen molar-refractivity contribution in [2.75, 3.05) is 184 Å². The molecule has 38 nitrogen and oxygen atoms in total. The summed E-state index contributed by atoms with van der Waals surface area (Å²) in [6.45, 7) is 18.5. The van der Waals surface area contributed by atoms with E-state index in [1.165, 1.54) is 13.8 Å². The number of nitrogens with one attached hydrogen (secondary N) is 16. The minimum atomic E-state index is -1.39. The number of aliphatic hydroxyl groups excluding tert-OH is 1. The number of nitrogens with zero attached hydrogens (tertiary/aromatic N) is 6. The van der Waals surface area contributed by atoms with Gasteiger partial charge in [-0.3, -0.25) is 48.5 Å². The normalized spacial score (nSPS) is 12.2. The molecule has 0 fully saturated rings. The van der Waals surface area contributed by atoms with Crippen LogP contribution in [0.3, 0.4) is 0 Å². The number of rotatable bonds is 61. The predicted octanol–water partition coefficient (Wildman–Crippen LogP) is -6.89. The van der Waals surface area contributed by atoms with Crippen molar-refractivity contribution >= 4 is 53.3 Å². The molecule has 38 heteroatoms. The van der Waals surface area contributed by atoms with Crippen LogP contribution in [0.2, 0.25) is 0 Å². The summed E-state index contributed by atoms with van der Waals surface area (Å²) in [4.78, 5) is 119. The highest BCUT2D eigenvalue weighted by atomic mass is 16.5. The maximum absolute atomic E-state index is 13.4. The number of aliphatic hydroxyl groups is 1. The van der Waals surface area contributed by atoms with Gasteiger partial charge in [-0.1, -0.05) is 70.9 Å². The lowest BCUT2D eigenvalue weighted by Crippen LogP contribution is -2.57. The number of amides is 7. The molecule has 2 aromatic rings. The first-order chi connectivity index (χ1) is 48.5. The summed E-state index contributed by atoms with van der Waals surface area (Å²) in [5.74, 6) is -5.84. The highest BCUT2D eigenvalue weighted by Gasteiger charge is 2.32. The molecule has 7 amide bonds. The van der Waals surface area contributed by atoms with Gasteiger partial charge in [0.2, 0.25) is 41.4 Å². The summed E-state index contributed by atoms with van der Waals surface area (Å²) in [6.07, 6.45) is -3.05. The fourth-order valence-corrected chi connectivity index (χ4v) is 8.56. The minimum absolute atomic E-state index is 0.0292. The van der Waals surface area contributed by atoms with Gasteiger partial charge >= 0.3 is 11.9 Å². The molecule has 100 heavy (non-hydrogen) atoms. The molecule has 5 atom stereocenters. The SMILES string of the molecule is CC(=O)N[C@H](CC(=O)NCCNCCNCCNCCNCC[NH3+])C(=O)NC(CC(=O)NCCNCCNCCNCCNCC[NH3+])C(O)NCCOCCN=[N+]=[N-].CC(=O)N[C@H](CC(=O)OCc1ccccc1)C(=O)N[C@@H](CC(=O)OCc1ccccc1)C(=O)NCCOCCN=[N+]=[N-]. The summed E-state index contributed by atoms with van der Waals surface area (Å²) in [5, 5.41) is 64.9. The van der Waals surface area contributed by atoms with Gasteiger partial charge in [0.15, 0.2) is 0 Å². The molecule has 0 heterocycles. The molecule has 562 valence electrons. The van der Waals surface area contributed by atoms with E-state index in [4.69, 9.17) is 30.0 Å². The molecule has 2 unspecified atom stereocenters. The van der Waals surface area contributed by atoms with Crippen LogP contribution in [-0.2, 0) is 75.3 Å². The van der Waals surface area contributed by atoms with Crippen molar-refractivity contribution in [2.24, 2.45) is 10.2 Å². The molecule has 0 bridgehead atoms. The van der Waals surface area contributed by atoms with Gasteiger partial charge in [-0.05, 0) is 22.2 Å². The minimum Gasteiger partial charge on any atom is -0.461 e. The number of carbonyl (C=O) groups excluding carboxylic acids is 9. The second-order valence-electron chi connectivity index (χ2n) is 22.0. The van der Waals surface area contributed by atoms with E-state index < -0.39 is 96.5 Å². The summed E-state index contributed by atoms with van der Waals surface area (Å²) in [6, 6.07) is 12.7. The van der Waals surface area contributed by atoms with Crippen LogP contribution in [0.1, 0.15) is 50.7 Å². The Morgan fingerprint density at radius 1 is 0.430 bits per heavy atom. The van der Waals surface area contributed by atoms with E-state index in [-0.39, 0.29) is 78.7 Å². The molecule has 2 rings (SSSR count). The zero-order chi connectivity index (χ0) is 73.3. The van der Waals surface area contributed by atoms with Crippen molar-refractivity contribution in [1.29, 1.82) is 0 Å². The van der Waals surface area contributed by atoms with Crippen LogP contribution in [0.5, 0.6) is 0 Å². The Kier molecular flexibility index (Phi) is 56.5. The predicted molar refractivity (Wildman–Crippen MR) is 371 cm³/mol. The lowest BCUT2D eigenvalue weighted by atomic mass is 10.1. The molecule has 23 N–H and O–H groups in total. The maximum atomic E-state index is 13.4. The molecular weight excluding hydrogens is 1300 g/mol. The number of azide groups is 2. The smallest absolute Gasteiger partial charge is 0.308 e. The lowest BCUT2D eigenvalue weighted by Gasteiger charge is -2.27. The largest absolute Gasteiger partial charge is 0.461 e. The van der Waals surface area contributed by atoms with Crippen molar-refractivity contribution in [1.82, 2.24) is 85.1 Å². The van der Waals surface area contributed by atoms with E-state index in [1.54, 1.807) is 48.5 Å². The van der Waals surface area contributed by atoms with Gasteiger partial charge in [0, 0.05) is 168 Å². The number of benzene rings is 2. The monoisotopic (exact) mass is 1420 g/mol. The van der Waals surface area contributed by atoms with Gasteiger partial charge in [0.1, 0.15) is 37.6 Å². The topological polar surface area (TPSA) is 556 Å². The summed E-state index contributed by atoms with van der Waals surface area (Å²) in [5.41, 5.74) is 25.7. The molecular formula is C62H112N24O14+2. The number of hydrogen-bond donors (Lipinski definition) is 19. The molecule has 0 saturated carbocycles. The summed E-state index contributed by atoms with van der Waals surface area (Å²) >= 11 is 0. The first kappa shape index (κ1) is 89.7. The third-order valence-electron chi connectivity index (χ3n) is 13.5. The molecule has 0 radical (unpaired) electrons. The van der Waals surface area contributed by atoms with Crippen LogP contribution in [0.4, 0.5) is 0 Å². The average Bonchev–Trinajstić information content (AvgIpc) is 0.908. The van der Waals surface area contributed by atoms with Gasteiger partial charge < -0.3 is 115 Å². The van der Waals surface area contributed by atoms with Crippen LogP contribution in [0.15, 0.2) is 70.9 Å². The third-order valence-corrected chi connectivity index (χ3v) is 13.5. The number of quaternary nitrogens is 2. The fraction of sp³-hybridized carbons (Fsp3) is 0.661. The zero-order valence-electron chi connectivity index (χ0n) is 58.1. The molecule has 2 aromatic carbocycles. The van der Waals surface area contributed by atoms with Crippen molar-refractivity contribution in [3.63, 3.8) is 0 Å². The van der Waals surface area contributed by atoms with E-state index in [9.17, 15) is 48.3 Å². The number of carbonyl (C=O) groups is 9. The van der Waals surface area contributed by atoms with Crippen LogP contribution in [0, 0.1) is 0 Å². The van der Waals surface area contributed by atoms with Crippen molar-refractivity contribution in [3.8, 4) is 0 Å². The summed E-state index contributed by atoms with van der Waals surface area (Å²) < 4.78 is 21.1. The Balaban J connectivity index is 0.00000105. The third kappa shape index (κ3) is 52.7. The average molecular weight is 1420 g/mol. The highest BCUT2D eigenvalue weighted by Crippen LogP contribution is 2.08. The molecule has 0 spiro atoms. The number of ether oxygens (including phenoxy) is 4. The van der Waals surface area contributed by atoms with E-state index in [0.29, 0.717) is 39.3 Å². The van der Waals surface area contributed by atoms with Gasteiger partial charge in [-0.2, -0.15) is 0 Å². The molecule has 0 aliphatic heterocycles. The second-order valence-corrected chi connectivity index (χ2v) is 22.0. The van der Waals surface area contributed by atoms with Crippen LogP contribution in [0.25, 0.3) is 20.9 Å². The van der Waals surface area contributed by atoms with Crippen LogP contribution in [-0.4, -0.2) is 272 Å². The Labute approximate surface area is 584 Å². The Morgan fingerprint density at radius 3 is 1.19 bits per heavy atom. The molecule has 0 aliphatic rings. The first-order valence-corrected chi connectivity index (χ1v) is 33.7. The van der Waals surface area contributed by atoms with Crippen LogP contribution < -0.4 is 96.5 Å². The zero-order valence-corrected chi connectivity index (χ0v) is 58.1. The highest BCUT2D eigenvalue weighted by molar-refractivity contribution is 5.95. The van der Waals surface area contributed by atoms with Crippen molar-refractivity contribution in [2.45, 2.75) is 83.1 Å². The molecule has 0 aromatic heterocycles. The second kappa shape index (κ2) is 62.9. The fourth-order valence-electron chi connectivity index (χ4n) is 8.56. The Hall–Kier alpha value is -8.27. The molecule has 0 saturated heterocycles. The number of esters is 2. The van der Waals surface area contributed by atoms with Gasteiger partial charge in [-0.15, -0.1) is 0 Å².